The van der Waals surface area contributed by atoms with Crippen molar-refractivity contribution in [1.82, 2.24) is 10.2 Å². The van der Waals surface area contributed by atoms with E-state index in [0.717, 1.165) is 41.5 Å². The number of nitrogens with zero attached hydrogens (tertiary/aromatic N) is 1. The van der Waals surface area contributed by atoms with Gasteiger partial charge in [0, 0.05) is 17.1 Å². The van der Waals surface area contributed by atoms with Gasteiger partial charge in [-0.05, 0) is 75.9 Å². The van der Waals surface area contributed by atoms with Crippen molar-refractivity contribution in [2.24, 2.45) is 0 Å². The Hall–Kier alpha value is -2.20. The SMILES string of the molecule is CCC1(C(NC(=O)c2c(C)cccc2C)c2ccc(F)cc2)CCC(C)N1C. The molecule has 2 aromatic carbocycles. The van der Waals surface area contributed by atoms with Gasteiger partial charge in [0.1, 0.15) is 5.82 Å². The Morgan fingerprint density at radius 3 is 2.32 bits per heavy atom. The normalized spacial score (nSPS) is 23.6. The van der Waals surface area contributed by atoms with Gasteiger partial charge in [0.05, 0.1) is 6.04 Å². The van der Waals surface area contributed by atoms with Crippen LogP contribution in [0, 0.1) is 19.7 Å². The Kier molecular flexibility index (Phi) is 5.90. The van der Waals surface area contributed by atoms with Crippen LogP contribution in [0.25, 0.3) is 0 Å². The lowest BCUT2D eigenvalue weighted by Gasteiger charge is -2.44. The average Bonchev–Trinajstić information content (AvgIpc) is 2.96. The summed E-state index contributed by atoms with van der Waals surface area (Å²) in [4.78, 5) is 15.7. The van der Waals surface area contributed by atoms with Gasteiger partial charge < -0.3 is 5.32 Å². The Bertz CT molecular complexity index is 828. The number of benzene rings is 2. The molecule has 2 aromatic rings. The van der Waals surface area contributed by atoms with E-state index in [1.54, 1.807) is 12.1 Å². The maximum absolute atomic E-state index is 13.6. The predicted molar refractivity (Wildman–Crippen MR) is 112 cm³/mol. The standard InChI is InChI=1S/C24H31FN2O/c1-6-24(15-14-18(4)27(24)5)22(19-10-12-20(25)13-11-19)26-23(28)21-16(2)8-7-9-17(21)3/h7-13,18,22H,6,14-15H2,1-5H3,(H,26,28). The minimum absolute atomic E-state index is 0.0642. The van der Waals surface area contributed by atoms with Crippen molar-refractivity contribution in [3.63, 3.8) is 0 Å². The van der Waals surface area contributed by atoms with Crippen molar-refractivity contribution in [3.05, 3.63) is 70.5 Å². The molecule has 3 rings (SSSR count). The maximum Gasteiger partial charge on any atom is 0.252 e. The van der Waals surface area contributed by atoms with E-state index < -0.39 is 0 Å². The molecule has 0 bridgehead atoms. The van der Waals surface area contributed by atoms with Gasteiger partial charge in [0.15, 0.2) is 0 Å². The number of aryl methyl sites for hydroxylation is 2. The Balaban J connectivity index is 2.04. The summed E-state index contributed by atoms with van der Waals surface area (Å²) in [6, 6.07) is 12.7. The molecule has 0 radical (unpaired) electrons. The molecule has 1 saturated heterocycles. The highest BCUT2D eigenvalue weighted by Crippen LogP contribution is 2.44. The van der Waals surface area contributed by atoms with E-state index in [4.69, 9.17) is 0 Å². The second-order valence-electron chi connectivity index (χ2n) is 8.18. The molecule has 0 aliphatic carbocycles. The fourth-order valence-corrected chi connectivity index (χ4v) is 4.81. The van der Waals surface area contributed by atoms with Crippen molar-refractivity contribution in [2.75, 3.05) is 7.05 Å². The first-order chi connectivity index (χ1) is 13.3. The molecule has 3 nitrogen and oxygen atoms in total. The third-order valence-corrected chi connectivity index (χ3v) is 6.70. The van der Waals surface area contributed by atoms with Gasteiger partial charge in [-0.2, -0.15) is 0 Å². The van der Waals surface area contributed by atoms with Gasteiger partial charge in [0.2, 0.25) is 0 Å². The maximum atomic E-state index is 13.6. The van der Waals surface area contributed by atoms with Crippen LogP contribution in [-0.2, 0) is 0 Å². The summed E-state index contributed by atoms with van der Waals surface area (Å²) >= 11 is 0. The number of hydrogen-bond acceptors (Lipinski definition) is 2. The van der Waals surface area contributed by atoms with Gasteiger partial charge in [-0.3, -0.25) is 9.69 Å². The van der Waals surface area contributed by atoms with Crippen LogP contribution in [0.3, 0.4) is 0 Å². The predicted octanol–water partition coefficient (Wildman–Crippen LogP) is 5.18. The number of carbonyl (C=O) groups excluding carboxylic acids is 1. The second-order valence-corrected chi connectivity index (χ2v) is 8.18. The Morgan fingerprint density at radius 2 is 1.82 bits per heavy atom. The molecule has 3 atom stereocenters. The van der Waals surface area contributed by atoms with Crippen LogP contribution in [0.2, 0.25) is 0 Å². The Labute approximate surface area is 167 Å². The van der Waals surface area contributed by atoms with Gasteiger partial charge in [-0.1, -0.05) is 37.3 Å². The zero-order valence-electron chi connectivity index (χ0n) is 17.6. The number of likely N-dealkylation sites (tertiary alicyclic amines) is 1. The summed E-state index contributed by atoms with van der Waals surface area (Å²) in [5.74, 6) is -0.326. The van der Waals surface area contributed by atoms with E-state index in [9.17, 15) is 9.18 Å². The van der Waals surface area contributed by atoms with Crippen molar-refractivity contribution in [2.45, 2.75) is 64.6 Å². The topological polar surface area (TPSA) is 32.3 Å². The summed E-state index contributed by atoms with van der Waals surface area (Å²) in [6.07, 6.45) is 2.99. The van der Waals surface area contributed by atoms with Gasteiger partial charge >= 0.3 is 0 Å². The van der Waals surface area contributed by atoms with Crippen LogP contribution >= 0.6 is 0 Å². The lowest BCUT2D eigenvalue weighted by molar-refractivity contribution is 0.0710. The molecule has 0 spiro atoms. The zero-order chi connectivity index (χ0) is 20.5. The molecular weight excluding hydrogens is 351 g/mol. The number of carbonyl (C=O) groups is 1. The number of amides is 1. The van der Waals surface area contributed by atoms with Crippen molar-refractivity contribution >= 4 is 5.91 Å². The third-order valence-electron chi connectivity index (χ3n) is 6.70. The zero-order valence-corrected chi connectivity index (χ0v) is 17.6. The summed E-state index contributed by atoms with van der Waals surface area (Å²) in [6.45, 7) is 8.34. The lowest BCUT2D eigenvalue weighted by Crippen LogP contribution is -2.54. The summed E-state index contributed by atoms with van der Waals surface area (Å²) in [5.41, 5.74) is 3.42. The number of hydrogen-bond donors (Lipinski definition) is 1. The Morgan fingerprint density at radius 1 is 1.21 bits per heavy atom. The van der Waals surface area contributed by atoms with Gasteiger partial charge in [-0.15, -0.1) is 0 Å². The molecule has 1 aliphatic heterocycles. The van der Waals surface area contributed by atoms with Gasteiger partial charge in [-0.25, -0.2) is 4.39 Å². The smallest absolute Gasteiger partial charge is 0.252 e. The fraction of sp³-hybridized carbons (Fsp3) is 0.458. The minimum atomic E-state index is -0.262. The van der Waals surface area contributed by atoms with E-state index in [1.165, 1.54) is 12.1 Å². The van der Waals surface area contributed by atoms with E-state index >= 15 is 0 Å². The molecule has 1 amide bonds. The van der Waals surface area contributed by atoms with Crippen molar-refractivity contribution in [3.8, 4) is 0 Å². The molecule has 28 heavy (non-hydrogen) atoms. The van der Waals surface area contributed by atoms with Gasteiger partial charge in [0.25, 0.3) is 5.91 Å². The number of nitrogens with one attached hydrogen (secondary N) is 1. The molecule has 3 unspecified atom stereocenters. The van der Waals surface area contributed by atoms with E-state index in [0.29, 0.717) is 6.04 Å². The van der Waals surface area contributed by atoms with Crippen molar-refractivity contribution in [1.29, 1.82) is 0 Å². The van der Waals surface area contributed by atoms with Crippen LogP contribution in [0.5, 0.6) is 0 Å². The molecule has 1 fully saturated rings. The molecular formula is C24H31FN2O. The van der Waals surface area contributed by atoms with Crippen LogP contribution in [-0.4, -0.2) is 29.4 Å². The molecule has 1 heterocycles. The molecule has 0 aromatic heterocycles. The quantitative estimate of drug-likeness (QED) is 0.773. The summed E-state index contributed by atoms with van der Waals surface area (Å²) in [5, 5.41) is 3.33. The summed E-state index contributed by atoms with van der Waals surface area (Å²) < 4.78 is 13.6. The highest BCUT2D eigenvalue weighted by Gasteiger charge is 2.48. The molecule has 150 valence electrons. The lowest BCUT2D eigenvalue weighted by atomic mass is 9.80. The number of likely N-dealkylation sites (N-methyl/N-ethyl adjacent to an activating group) is 1. The highest BCUT2D eigenvalue weighted by atomic mass is 19.1. The second kappa shape index (κ2) is 8.04. The highest BCUT2D eigenvalue weighted by molar-refractivity contribution is 5.97. The third kappa shape index (κ3) is 3.58. The largest absolute Gasteiger partial charge is 0.343 e. The fourth-order valence-electron chi connectivity index (χ4n) is 4.81. The van der Waals surface area contributed by atoms with Crippen LogP contribution in [0.1, 0.15) is 66.2 Å². The monoisotopic (exact) mass is 382 g/mol. The van der Waals surface area contributed by atoms with E-state index in [2.05, 4.69) is 31.1 Å². The van der Waals surface area contributed by atoms with Crippen LogP contribution < -0.4 is 5.32 Å². The first-order valence-corrected chi connectivity index (χ1v) is 10.2. The molecule has 4 heteroatoms. The molecule has 0 saturated carbocycles. The number of halogens is 1. The summed E-state index contributed by atoms with van der Waals surface area (Å²) in [7, 11) is 2.14. The molecule has 1 N–H and O–H groups in total. The van der Waals surface area contributed by atoms with E-state index in [-0.39, 0.29) is 23.3 Å². The first-order valence-electron chi connectivity index (χ1n) is 10.2. The number of rotatable bonds is 5. The van der Waals surface area contributed by atoms with Crippen LogP contribution in [0.4, 0.5) is 4.39 Å². The minimum Gasteiger partial charge on any atom is -0.343 e. The average molecular weight is 383 g/mol. The first kappa shape index (κ1) is 20.5. The van der Waals surface area contributed by atoms with Crippen LogP contribution in [0.15, 0.2) is 42.5 Å². The van der Waals surface area contributed by atoms with Crippen molar-refractivity contribution < 1.29 is 9.18 Å². The van der Waals surface area contributed by atoms with E-state index in [1.807, 2.05) is 32.0 Å². The molecule has 1 aliphatic rings.